The molecule has 1 aromatic rings. The molecule has 5 heteroatoms. The number of nitrogens with one attached hydrogen (secondary N) is 1. The number of carboxylic acids is 1. The highest BCUT2D eigenvalue weighted by molar-refractivity contribution is 9.10. The van der Waals surface area contributed by atoms with Crippen LogP contribution in [0, 0.1) is 5.92 Å². The first-order valence-corrected chi connectivity index (χ1v) is 7.68. The molecule has 0 aliphatic heterocycles. The SMILES string of the molecule is O=C(CCC1CCCC1)Nc1cc(Br)ccc1C(=O)O. The van der Waals surface area contributed by atoms with E-state index in [1.54, 1.807) is 12.1 Å². The van der Waals surface area contributed by atoms with Crippen LogP contribution in [0.2, 0.25) is 0 Å². The Balaban J connectivity index is 1.96. The van der Waals surface area contributed by atoms with Crippen LogP contribution < -0.4 is 5.32 Å². The van der Waals surface area contributed by atoms with Crippen molar-refractivity contribution in [3.63, 3.8) is 0 Å². The molecule has 1 fully saturated rings. The minimum absolute atomic E-state index is 0.113. The highest BCUT2D eigenvalue weighted by Gasteiger charge is 2.17. The third-order valence-electron chi connectivity index (χ3n) is 3.74. The number of anilines is 1. The van der Waals surface area contributed by atoms with Crippen molar-refractivity contribution in [2.75, 3.05) is 5.32 Å². The molecular formula is C15H18BrNO3. The fourth-order valence-corrected chi connectivity index (χ4v) is 3.01. The molecule has 108 valence electrons. The highest BCUT2D eigenvalue weighted by Crippen LogP contribution is 2.29. The average Bonchev–Trinajstić information content (AvgIpc) is 2.89. The van der Waals surface area contributed by atoms with E-state index in [9.17, 15) is 9.59 Å². The van der Waals surface area contributed by atoms with Crippen molar-refractivity contribution < 1.29 is 14.7 Å². The van der Waals surface area contributed by atoms with E-state index >= 15 is 0 Å². The van der Waals surface area contributed by atoms with E-state index < -0.39 is 5.97 Å². The molecule has 0 heterocycles. The molecule has 1 saturated carbocycles. The van der Waals surface area contributed by atoms with Crippen molar-refractivity contribution in [2.45, 2.75) is 38.5 Å². The van der Waals surface area contributed by atoms with Crippen molar-refractivity contribution in [1.82, 2.24) is 0 Å². The number of halogens is 1. The third kappa shape index (κ3) is 4.07. The Hall–Kier alpha value is -1.36. The zero-order valence-electron chi connectivity index (χ0n) is 11.2. The van der Waals surface area contributed by atoms with Gasteiger partial charge in [0.1, 0.15) is 0 Å². The number of carbonyl (C=O) groups is 2. The Morgan fingerprint density at radius 2 is 2.00 bits per heavy atom. The third-order valence-corrected chi connectivity index (χ3v) is 4.23. The molecule has 0 spiro atoms. The summed E-state index contributed by atoms with van der Waals surface area (Å²) in [6, 6.07) is 4.76. The molecule has 2 rings (SSSR count). The van der Waals surface area contributed by atoms with Crippen LogP contribution in [0.3, 0.4) is 0 Å². The lowest BCUT2D eigenvalue weighted by atomic mass is 10.0. The topological polar surface area (TPSA) is 66.4 Å². The van der Waals surface area contributed by atoms with E-state index in [-0.39, 0.29) is 11.5 Å². The number of carbonyl (C=O) groups excluding carboxylic acids is 1. The van der Waals surface area contributed by atoms with Crippen LogP contribution in [0.25, 0.3) is 0 Å². The molecule has 0 radical (unpaired) electrons. The molecule has 1 aliphatic carbocycles. The maximum absolute atomic E-state index is 11.9. The van der Waals surface area contributed by atoms with Crippen molar-refractivity contribution in [2.24, 2.45) is 5.92 Å². The van der Waals surface area contributed by atoms with Gasteiger partial charge >= 0.3 is 5.97 Å². The quantitative estimate of drug-likeness (QED) is 0.850. The number of amides is 1. The van der Waals surface area contributed by atoms with Crippen LogP contribution in [-0.4, -0.2) is 17.0 Å². The monoisotopic (exact) mass is 339 g/mol. The van der Waals surface area contributed by atoms with Crippen LogP contribution in [0.15, 0.2) is 22.7 Å². The minimum Gasteiger partial charge on any atom is -0.478 e. The van der Waals surface area contributed by atoms with Crippen LogP contribution in [0.1, 0.15) is 48.9 Å². The molecule has 0 bridgehead atoms. The first-order chi connectivity index (χ1) is 9.56. The first kappa shape index (κ1) is 15.0. The highest BCUT2D eigenvalue weighted by atomic mass is 79.9. The van der Waals surface area contributed by atoms with Gasteiger partial charge in [0.15, 0.2) is 0 Å². The number of hydrogen-bond donors (Lipinski definition) is 2. The minimum atomic E-state index is -1.04. The Morgan fingerprint density at radius 3 is 2.65 bits per heavy atom. The fraction of sp³-hybridized carbons (Fsp3) is 0.467. The molecule has 1 amide bonds. The summed E-state index contributed by atoms with van der Waals surface area (Å²) in [5, 5.41) is 11.8. The van der Waals surface area contributed by atoms with Gasteiger partial charge < -0.3 is 10.4 Å². The van der Waals surface area contributed by atoms with Gasteiger partial charge in [-0.15, -0.1) is 0 Å². The molecule has 0 atom stereocenters. The number of carboxylic acid groups (broad SMARTS) is 1. The molecule has 0 aromatic heterocycles. The summed E-state index contributed by atoms with van der Waals surface area (Å²) < 4.78 is 0.744. The summed E-state index contributed by atoms with van der Waals surface area (Å²) in [6.45, 7) is 0. The summed E-state index contributed by atoms with van der Waals surface area (Å²) in [5.74, 6) is -0.497. The fourth-order valence-electron chi connectivity index (χ4n) is 2.65. The van der Waals surface area contributed by atoms with Crippen LogP contribution in [0.4, 0.5) is 5.69 Å². The largest absolute Gasteiger partial charge is 0.478 e. The molecule has 4 nitrogen and oxygen atoms in total. The van der Waals surface area contributed by atoms with Gasteiger partial charge in [0.2, 0.25) is 5.91 Å². The van der Waals surface area contributed by atoms with E-state index in [1.807, 2.05) is 0 Å². The molecule has 1 aromatic carbocycles. The predicted octanol–water partition coefficient (Wildman–Crippen LogP) is 4.06. The Kier molecular flexibility index (Phi) is 5.17. The lowest BCUT2D eigenvalue weighted by Gasteiger charge is -2.11. The van der Waals surface area contributed by atoms with Crippen LogP contribution >= 0.6 is 15.9 Å². The zero-order chi connectivity index (χ0) is 14.5. The van der Waals surface area contributed by atoms with Gasteiger partial charge in [-0.1, -0.05) is 41.6 Å². The Labute approximate surface area is 126 Å². The summed E-state index contributed by atoms with van der Waals surface area (Å²) >= 11 is 3.28. The standard InChI is InChI=1S/C15H18BrNO3/c16-11-6-7-12(15(19)20)13(9-11)17-14(18)8-5-10-3-1-2-4-10/h6-7,9-10H,1-5,8H2,(H,17,18)(H,19,20). The second kappa shape index (κ2) is 6.88. The van der Waals surface area contributed by atoms with E-state index in [1.165, 1.54) is 31.7 Å². The number of aromatic carboxylic acids is 1. The number of rotatable bonds is 5. The first-order valence-electron chi connectivity index (χ1n) is 6.89. The van der Waals surface area contributed by atoms with Gasteiger partial charge in [-0.3, -0.25) is 4.79 Å². The lowest BCUT2D eigenvalue weighted by molar-refractivity contribution is -0.116. The summed E-state index contributed by atoms with van der Waals surface area (Å²) in [4.78, 5) is 23.1. The van der Waals surface area contributed by atoms with Crippen molar-refractivity contribution in [1.29, 1.82) is 0 Å². The molecule has 0 saturated heterocycles. The predicted molar refractivity (Wildman–Crippen MR) is 80.9 cm³/mol. The molecule has 0 unspecified atom stereocenters. The van der Waals surface area contributed by atoms with Crippen LogP contribution in [-0.2, 0) is 4.79 Å². The Morgan fingerprint density at radius 1 is 1.30 bits per heavy atom. The van der Waals surface area contributed by atoms with E-state index in [0.29, 0.717) is 18.0 Å². The van der Waals surface area contributed by atoms with E-state index in [2.05, 4.69) is 21.2 Å². The van der Waals surface area contributed by atoms with Gasteiger partial charge in [-0.05, 0) is 30.5 Å². The summed E-state index contributed by atoms with van der Waals surface area (Å²) in [5.41, 5.74) is 0.464. The maximum Gasteiger partial charge on any atom is 0.337 e. The van der Waals surface area contributed by atoms with E-state index in [0.717, 1.165) is 10.9 Å². The second-order valence-electron chi connectivity index (χ2n) is 5.23. The molecule has 2 N–H and O–H groups in total. The van der Waals surface area contributed by atoms with Gasteiger partial charge in [0.25, 0.3) is 0 Å². The molecule has 1 aliphatic rings. The van der Waals surface area contributed by atoms with E-state index in [4.69, 9.17) is 5.11 Å². The second-order valence-corrected chi connectivity index (χ2v) is 6.15. The summed E-state index contributed by atoms with van der Waals surface area (Å²) in [7, 11) is 0. The smallest absolute Gasteiger partial charge is 0.337 e. The Bertz CT molecular complexity index is 510. The normalized spacial score (nSPS) is 15.2. The number of benzene rings is 1. The maximum atomic E-state index is 11.9. The van der Waals surface area contributed by atoms with Crippen molar-refractivity contribution >= 4 is 33.5 Å². The molecular weight excluding hydrogens is 322 g/mol. The lowest BCUT2D eigenvalue weighted by Crippen LogP contribution is -2.15. The molecule has 20 heavy (non-hydrogen) atoms. The van der Waals surface area contributed by atoms with Crippen molar-refractivity contribution in [3.05, 3.63) is 28.2 Å². The van der Waals surface area contributed by atoms with Gasteiger partial charge in [0, 0.05) is 10.9 Å². The number of hydrogen-bond acceptors (Lipinski definition) is 2. The van der Waals surface area contributed by atoms with Gasteiger partial charge in [-0.2, -0.15) is 0 Å². The summed E-state index contributed by atoms with van der Waals surface area (Å²) in [6.07, 6.45) is 6.30. The average molecular weight is 340 g/mol. The van der Waals surface area contributed by atoms with Gasteiger partial charge in [-0.25, -0.2) is 4.79 Å². The van der Waals surface area contributed by atoms with Crippen LogP contribution in [0.5, 0.6) is 0 Å². The zero-order valence-corrected chi connectivity index (χ0v) is 12.8. The van der Waals surface area contributed by atoms with Crippen molar-refractivity contribution in [3.8, 4) is 0 Å². The van der Waals surface area contributed by atoms with Gasteiger partial charge in [0.05, 0.1) is 11.3 Å².